The van der Waals surface area contributed by atoms with Gasteiger partial charge in [0.1, 0.15) is 30.2 Å². The van der Waals surface area contributed by atoms with E-state index < -0.39 is 84.0 Å². The molecule has 0 aromatic carbocycles. The Morgan fingerprint density at radius 3 is 2.08 bits per heavy atom. The maximum absolute atomic E-state index is 13.9. The van der Waals surface area contributed by atoms with Crippen molar-refractivity contribution >= 4 is 76.5 Å². The standard InChI is InChI=1S/C35H50IN7O10/c1-20(2)16-25(32(49)39-21(3)35(52)53-36)41-34(51)27(18-30(46)47)43-33(50)26(17-22-8-5-4-6-9-22)42-31(48)24(12-13-28(37)44)40-29(45)14-11-23-10-7-15-38-19-23/h7,10-11,14-15,19-22,24-27H,4-6,8-9,12-13,16-18H2,1-3H3,(H2,37,44)(H,39,49)(H,40,45)(H,41,51)(H,42,48)(H,43,50)(H,46,47)/b14-11+/t21-,24-,25-,26-,27-/m0/s1. The lowest BCUT2D eigenvalue weighted by Crippen LogP contribution is -2.59. The van der Waals surface area contributed by atoms with Crippen LogP contribution in [0.3, 0.4) is 0 Å². The Balaban J connectivity index is 2.31. The first-order valence-corrected chi connectivity index (χ1v) is 18.4. The van der Waals surface area contributed by atoms with Gasteiger partial charge in [-0.05, 0) is 55.7 Å². The van der Waals surface area contributed by atoms with Crippen LogP contribution in [0, 0.1) is 11.8 Å². The van der Waals surface area contributed by atoms with Gasteiger partial charge in [0.2, 0.25) is 35.4 Å². The second-order valence-electron chi connectivity index (χ2n) is 13.5. The summed E-state index contributed by atoms with van der Waals surface area (Å²) in [4.78, 5) is 106. The third-order valence-corrected chi connectivity index (χ3v) is 8.92. The van der Waals surface area contributed by atoms with Crippen molar-refractivity contribution in [1.82, 2.24) is 31.6 Å². The Kier molecular flexibility index (Phi) is 19.4. The Hall–Kier alpha value is -4.62. The minimum Gasteiger partial charge on any atom is -0.481 e. The number of carboxylic acids is 1. The molecule has 1 aliphatic carbocycles. The van der Waals surface area contributed by atoms with Gasteiger partial charge in [-0.15, -0.1) is 0 Å². The Morgan fingerprint density at radius 2 is 1.49 bits per heavy atom. The number of nitrogens with one attached hydrogen (secondary N) is 5. The van der Waals surface area contributed by atoms with Crippen molar-refractivity contribution in [1.29, 1.82) is 0 Å². The summed E-state index contributed by atoms with van der Waals surface area (Å²) in [6, 6.07) is -3.05. The summed E-state index contributed by atoms with van der Waals surface area (Å²) < 4.78 is 4.61. The first-order valence-electron chi connectivity index (χ1n) is 17.5. The van der Waals surface area contributed by atoms with E-state index in [2.05, 4.69) is 34.6 Å². The summed E-state index contributed by atoms with van der Waals surface area (Å²) in [5.41, 5.74) is 5.95. The van der Waals surface area contributed by atoms with Crippen molar-refractivity contribution in [3.05, 3.63) is 36.2 Å². The van der Waals surface area contributed by atoms with E-state index in [9.17, 15) is 43.5 Å². The molecule has 0 unspecified atom stereocenters. The van der Waals surface area contributed by atoms with Crippen molar-refractivity contribution in [2.45, 2.75) is 115 Å². The van der Waals surface area contributed by atoms with Crippen LogP contribution >= 0.6 is 23.0 Å². The van der Waals surface area contributed by atoms with E-state index in [1.54, 1.807) is 32.2 Å². The highest BCUT2D eigenvalue weighted by Gasteiger charge is 2.34. The molecular formula is C35H50IN7O10. The van der Waals surface area contributed by atoms with E-state index in [0.29, 0.717) is 5.56 Å². The van der Waals surface area contributed by atoms with Crippen LogP contribution < -0.4 is 32.3 Å². The predicted octanol–water partition coefficient (Wildman–Crippen LogP) is 1.19. The molecule has 0 bridgehead atoms. The normalized spacial score (nSPS) is 15.9. The van der Waals surface area contributed by atoms with Gasteiger partial charge in [0.05, 0.1) is 6.42 Å². The number of halogens is 1. The van der Waals surface area contributed by atoms with E-state index in [1.165, 1.54) is 48.3 Å². The number of nitrogens with zero attached hydrogens (tertiary/aromatic N) is 1. The van der Waals surface area contributed by atoms with Gasteiger partial charge in [0, 0.05) is 24.9 Å². The average Bonchev–Trinajstić information content (AvgIpc) is 3.11. The monoisotopic (exact) mass is 855 g/mol. The molecule has 292 valence electrons. The Morgan fingerprint density at radius 1 is 0.887 bits per heavy atom. The van der Waals surface area contributed by atoms with Crippen LogP contribution in [-0.4, -0.2) is 87.7 Å². The number of aliphatic carboxylic acids is 1. The summed E-state index contributed by atoms with van der Waals surface area (Å²) >= 11 is 1.38. The minimum absolute atomic E-state index is 0.0166. The molecule has 2 rings (SSSR count). The van der Waals surface area contributed by atoms with Gasteiger partial charge in [-0.3, -0.25) is 38.5 Å². The van der Waals surface area contributed by atoms with Crippen LogP contribution in [0.1, 0.15) is 90.5 Å². The Bertz CT molecular complexity index is 1470. The van der Waals surface area contributed by atoms with E-state index in [1.807, 2.05) is 0 Å². The molecule has 6 amide bonds. The maximum atomic E-state index is 13.9. The van der Waals surface area contributed by atoms with Crippen molar-refractivity contribution < 1.29 is 46.5 Å². The van der Waals surface area contributed by atoms with Gasteiger partial charge in [0.15, 0.2) is 23.0 Å². The smallest absolute Gasteiger partial charge is 0.337 e. The molecule has 1 aromatic heterocycles. The molecule has 0 radical (unpaired) electrons. The zero-order valence-electron chi connectivity index (χ0n) is 30.1. The topological polar surface area (TPSA) is 265 Å². The molecule has 0 saturated heterocycles. The number of rotatable bonds is 21. The lowest BCUT2D eigenvalue weighted by atomic mass is 9.84. The highest BCUT2D eigenvalue weighted by atomic mass is 127. The van der Waals surface area contributed by atoms with Gasteiger partial charge in [-0.1, -0.05) is 52.0 Å². The van der Waals surface area contributed by atoms with Crippen LogP contribution in [-0.2, 0) is 41.4 Å². The molecule has 5 atom stereocenters. The molecule has 0 spiro atoms. The number of carbonyl (C=O) groups is 8. The molecule has 53 heavy (non-hydrogen) atoms. The van der Waals surface area contributed by atoms with Crippen LogP contribution in [0.4, 0.5) is 0 Å². The molecule has 1 fully saturated rings. The van der Waals surface area contributed by atoms with E-state index in [0.717, 1.165) is 32.1 Å². The largest absolute Gasteiger partial charge is 0.481 e. The molecule has 1 saturated carbocycles. The van der Waals surface area contributed by atoms with Crippen LogP contribution in [0.15, 0.2) is 30.6 Å². The third-order valence-electron chi connectivity index (χ3n) is 8.49. The first-order chi connectivity index (χ1) is 25.1. The molecular weight excluding hydrogens is 805 g/mol. The van der Waals surface area contributed by atoms with Crippen molar-refractivity contribution in [2.75, 3.05) is 0 Å². The number of carboxylic acid groups (broad SMARTS) is 1. The summed E-state index contributed by atoms with van der Waals surface area (Å²) in [5, 5.41) is 22.2. The van der Waals surface area contributed by atoms with E-state index in [4.69, 9.17) is 5.73 Å². The maximum Gasteiger partial charge on any atom is 0.337 e. The lowest BCUT2D eigenvalue weighted by molar-refractivity contribution is -0.142. The molecule has 18 heteroatoms. The molecule has 1 heterocycles. The zero-order chi connectivity index (χ0) is 39.5. The van der Waals surface area contributed by atoms with E-state index in [-0.39, 0.29) is 37.5 Å². The fourth-order valence-corrected chi connectivity index (χ4v) is 6.13. The third kappa shape index (κ3) is 17.2. The number of amides is 6. The number of carbonyl (C=O) groups excluding carboxylic acids is 7. The van der Waals surface area contributed by atoms with Crippen molar-refractivity contribution in [3.8, 4) is 0 Å². The number of hydrogen-bond acceptors (Lipinski definition) is 10. The Labute approximate surface area is 322 Å². The molecule has 17 nitrogen and oxygen atoms in total. The van der Waals surface area contributed by atoms with Gasteiger partial charge < -0.3 is 40.5 Å². The number of primary amides is 1. The molecule has 1 aliphatic rings. The second-order valence-corrected chi connectivity index (χ2v) is 13.9. The van der Waals surface area contributed by atoms with Crippen molar-refractivity contribution in [2.24, 2.45) is 17.6 Å². The molecule has 8 N–H and O–H groups in total. The summed E-state index contributed by atoms with van der Waals surface area (Å²) in [5.74, 6) is -6.97. The first kappa shape index (κ1) is 44.5. The van der Waals surface area contributed by atoms with Crippen LogP contribution in [0.5, 0.6) is 0 Å². The summed E-state index contributed by atoms with van der Waals surface area (Å²) in [6.07, 6.45) is 9.12. The predicted molar refractivity (Wildman–Crippen MR) is 200 cm³/mol. The van der Waals surface area contributed by atoms with Gasteiger partial charge >= 0.3 is 11.9 Å². The van der Waals surface area contributed by atoms with E-state index >= 15 is 0 Å². The molecule has 0 aliphatic heterocycles. The van der Waals surface area contributed by atoms with Gasteiger partial charge in [0.25, 0.3) is 0 Å². The minimum atomic E-state index is -1.66. The number of nitrogens with two attached hydrogens (primary N) is 1. The van der Waals surface area contributed by atoms with Crippen LogP contribution in [0.2, 0.25) is 0 Å². The number of hydrogen-bond donors (Lipinski definition) is 7. The van der Waals surface area contributed by atoms with Gasteiger partial charge in [-0.2, -0.15) is 0 Å². The molecule has 1 aromatic rings. The average molecular weight is 856 g/mol. The van der Waals surface area contributed by atoms with Crippen molar-refractivity contribution in [3.63, 3.8) is 0 Å². The quantitative estimate of drug-likeness (QED) is 0.0682. The number of pyridine rings is 1. The highest BCUT2D eigenvalue weighted by molar-refractivity contribution is 14.1. The van der Waals surface area contributed by atoms with Gasteiger partial charge in [-0.25, -0.2) is 4.79 Å². The lowest BCUT2D eigenvalue weighted by Gasteiger charge is -2.29. The summed E-state index contributed by atoms with van der Waals surface area (Å²) in [6.45, 7) is 4.98. The fourth-order valence-electron chi connectivity index (χ4n) is 5.75. The van der Waals surface area contributed by atoms with Crippen LogP contribution in [0.25, 0.3) is 6.08 Å². The highest BCUT2D eigenvalue weighted by Crippen LogP contribution is 2.27. The SMILES string of the molecule is CC(C)C[C@H](NC(=O)[C@H](CC(=O)O)NC(=O)[C@H](CC1CCCCC1)NC(=O)[C@H](CCC(N)=O)NC(=O)/C=C/c1cccnc1)C(=O)N[C@@H](C)C(=O)OI. The zero-order valence-corrected chi connectivity index (χ0v) is 32.3. The fraction of sp³-hybridized carbons (Fsp3) is 0.571. The number of aromatic nitrogens is 1. The summed E-state index contributed by atoms with van der Waals surface area (Å²) in [7, 11) is 0. The second kappa shape index (κ2) is 23.1.